The fraction of sp³-hybridized carbons (Fsp3) is 0. The van der Waals surface area contributed by atoms with Crippen LogP contribution in [0.3, 0.4) is 0 Å². The summed E-state index contributed by atoms with van der Waals surface area (Å²) in [5, 5.41) is 3.06. The van der Waals surface area contributed by atoms with Gasteiger partial charge in [0.1, 0.15) is 17.8 Å². The van der Waals surface area contributed by atoms with E-state index in [-0.39, 0.29) is 0 Å². The van der Waals surface area contributed by atoms with Crippen LogP contribution < -0.4 is 21.9 Å². The molecule has 0 unspecified atom stereocenters. The number of aromatic nitrogens is 3. The van der Waals surface area contributed by atoms with Gasteiger partial charge in [0.25, 0.3) is 0 Å². The Morgan fingerprint density at radius 3 is 2.32 bits per heavy atom. The number of nitrogens with zero attached hydrogens (tertiary/aromatic N) is 3. The average molecular weight is 293 g/mol. The van der Waals surface area contributed by atoms with Crippen LogP contribution in [0.1, 0.15) is 0 Å². The molecule has 1 aromatic carbocycles. The van der Waals surface area contributed by atoms with Gasteiger partial charge in [0.05, 0.1) is 5.69 Å². The fourth-order valence-corrected chi connectivity index (χ4v) is 1.81. The van der Waals surface area contributed by atoms with Crippen molar-refractivity contribution in [3.8, 4) is 0 Å². The second-order valence-corrected chi connectivity index (χ2v) is 4.44. The molecule has 3 aromatic rings. The molecule has 0 saturated carbocycles. The van der Waals surface area contributed by atoms with Gasteiger partial charge in [0, 0.05) is 6.20 Å². The third kappa shape index (κ3) is 3.21. The molecule has 0 aliphatic heterocycles. The van der Waals surface area contributed by atoms with Crippen molar-refractivity contribution >= 4 is 28.8 Å². The molecule has 0 aliphatic rings. The summed E-state index contributed by atoms with van der Waals surface area (Å²) in [6.45, 7) is 0. The second-order valence-electron chi connectivity index (χ2n) is 4.44. The van der Waals surface area contributed by atoms with Crippen molar-refractivity contribution in [2.24, 2.45) is 0 Å². The van der Waals surface area contributed by atoms with Crippen LogP contribution in [-0.4, -0.2) is 15.0 Å². The Hall–Kier alpha value is -3.35. The summed E-state index contributed by atoms with van der Waals surface area (Å²) in [5.41, 5.74) is 13.4. The van der Waals surface area contributed by atoms with E-state index in [1.807, 2.05) is 48.5 Å². The number of benzene rings is 1. The van der Waals surface area contributed by atoms with Crippen molar-refractivity contribution in [2.75, 3.05) is 21.9 Å². The molecule has 0 spiro atoms. The van der Waals surface area contributed by atoms with Crippen LogP contribution in [0.5, 0.6) is 0 Å². The van der Waals surface area contributed by atoms with Crippen molar-refractivity contribution in [2.45, 2.75) is 0 Å². The summed E-state index contributed by atoms with van der Waals surface area (Å²) in [6.07, 6.45) is 3.12. The van der Waals surface area contributed by atoms with Gasteiger partial charge in [-0.15, -0.1) is 0 Å². The highest BCUT2D eigenvalue weighted by Gasteiger charge is 2.08. The highest BCUT2D eigenvalue weighted by Crippen LogP contribution is 2.24. The molecular weight excluding hydrogens is 278 g/mol. The molecule has 2 aromatic heterocycles. The summed E-state index contributed by atoms with van der Waals surface area (Å²) in [7, 11) is 0. The summed E-state index contributed by atoms with van der Waals surface area (Å²) < 4.78 is 0. The molecule has 0 amide bonds. The zero-order valence-electron chi connectivity index (χ0n) is 11.7. The number of hydrogen-bond acceptors (Lipinski definition) is 7. The Labute approximate surface area is 127 Å². The largest absolute Gasteiger partial charge is 0.393 e. The van der Waals surface area contributed by atoms with Gasteiger partial charge < -0.3 is 11.1 Å². The third-order valence-corrected chi connectivity index (χ3v) is 2.89. The number of hydrazine groups is 1. The maximum Gasteiger partial charge on any atom is 0.173 e. The second kappa shape index (κ2) is 6.40. The highest BCUT2D eigenvalue weighted by molar-refractivity contribution is 5.77. The van der Waals surface area contributed by atoms with E-state index in [4.69, 9.17) is 5.73 Å². The van der Waals surface area contributed by atoms with Crippen molar-refractivity contribution in [3.05, 3.63) is 61.1 Å². The molecule has 110 valence electrons. The van der Waals surface area contributed by atoms with Crippen molar-refractivity contribution in [1.29, 1.82) is 0 Å². The number of pyridine rings is 1. The predicted octanol–water partition coefficient (Wildman–Crippen LogP) is 2.64. The van der Waals surface area contributed by atoms with Gasteiger partial charge in [-0.25, -0.2) is 15.0 Å². The topological polar surface area (TPSA) is 101 Å². The van der Waals surface area contributed by atoms with Crippen LogP contribution in [0.15, 0.2) is 61.1 Å². The lowest BCUT2D eigenvalue weighted by atomic mass is 10.3. The monoisotopic (exact) mass is 293 g/mol. The minimum Gasteiger partial charge on any atom is -0.393 e. The first-order valence-corrected chi connectivity index (χ1v) is 6.68. The van der Waals surface area contributed by atoms with E-state index < -0.39 is 0 Å². The molecular formula is C15H15N7. The Morgan fingerprint density at radius 1 is 0.773 bits per heavy atom. The average Bonchev–Trinajstić information content (AvgIpc) is 2.58. The van der Waals surface area contributed by atoms with E-state index in [1.165, 1.54) is 6.33 Å². The quantitative estimate of drug-likeness (QED) is 0.536. The number of hydrogen-bond donors (Lipinski definition) is 4. The lowest BCUT2D eigenvalue weighted by molar-refractivity contribution is 1.15. The first-order valence-electron chi connectivity index (χ1n) is 6.68. The summed E-state index contributed by atoms with van der Waals surface area (Å²) in [5.74, 6) is 1.64. The van der Waals surface area contributed by atoms with E-state index >= 15 is 0 Å². The van der Waals surface area contributed by atoms with E-state index in [9.17, 15) is 0 Å². The zero-order valence-corrected chi connectivity index (χ0v) is 11.7. The maximum atomic E-state index is 6.08. The van der Waals surface area contributed by atoms with E-state index in [0.717, 1.165) is 5.69 Å². The van der Waals surface area contributed by atoms with Crippen molar-refractivity contribution in [1.82, 2.24) is 15.0 Å². The first kappa shape index (κ1) is 13.6. The molecule has 0 atom stereocenters. The lowest BCUT2D eigenvalue weighted by Crippen LogP contribution is -2.13. The predicted molar refractivity (Wildman–Crippen MR) is 87.7 cm³/mol. The molecule has 0 fully saturated rings. The third-order valence-electron chi connectivity index (χ3n) is 2.89. The summed E-state index contributed by atoms with van der Waals surface area (Å²) >= 11 is 0. The molecule has 2 heterocycles. The molecule has 7 heteroatoms. The normalized spacial score (nSPS) is 10.0. The molecule has 22 heavy (non-hydrogen) atoms. The first-order chi connectivity index (χ1) is 10.8. The van der Waals surface area contributed by atoms with E-state index in [0.29, 0.717) is 23.1 Å². The molecule has 0 radical (unpaired) electrons. The van der Waals surface area contributed by atoms with Gasteiger partial charge in [-0.05, 0) is 24.3 Å². The van der Waals surface area contributed by atoms with Crippen LogP contribution in [0.4, 0.5) is 28.8 Å². The number of rotatable bonds is 5. The summed E-state index contributed by atoms with van der Waals surface area (Å²) in [4.78, 5) is 12.4. The molecule has 7 nitrogen and oxygen atoms in total. The number of nitrogens with one attached hydrogen (secondary N) is 3. The molecule has 0 bridgehead atoms. The number of para-hydroxylation sites is 1. The SMILES string of the molecule is Nc1c(NNc2ccccc2)ncnc1Nc1ccccn1. The van der Waals surface area contributed by atoms with Crippen molar-refractivity contribution < 1.29 is 0 Å². The Balaban J connectivity index is 1.74. The Bertz CT molecular complexity index is 731. The zero-order chi connectivity index (χ0) is 15.2. The number of anilines is 5. The van der Waals surface area contributed by atoms with Gasteiger partial charge in [0.2, 0.25) is 0 Å². The van der Waals surface area contributed by atoms with Gasteiger partial charge in [-0.2, -0.15) is 0 Å². The standard InChI is InChI=1S/C15H15N7/c16-13-14(20-12-8-4-5-9-17-12)18-10-19-15(13)22-21-11-6-2-1-3-7-11/h1-10,21H,16H2,(H2,17,18,19,20,22). The van der Waals surface area contributed by atoms with Gasteiger partial charge in [0.15, 0.2) is 11.6 Å². The minimum absolute atomic E-state index is 0.400. The smallest absolute Gasteiger partial charge is 0.173 e. The Morgan fingerprint density at radius 2 is 1.55 bits per heavy atom. The van der Waals surface area contributed by atoms with E-state index in [1.54, 1.807) is 6.20 Å². The van der Waals surface area contributed by atoms with E-state index in [2.05, 4.69) is 31.1 Å². The lowest BCUT2D eigenvalue weighted by Gasteiger charge is -2.13. The number of nitrogens with two attached hydrogens (primary N) is 1. The molecule has 3 rings (SSSR count). The highest BCUT2D eigenvalue weighted by atomic mass is 15.4. The molecule has 0 saturated heterocycles. The van der Waals surface area contributed by atoms with Crippen LogP contribution in [0, 0.1) is 0 Å². The molecule has 5 N–H and O–H groups in total. The minimum atomic E-state index is 0.400. The van der Waals surface area contributed by atoms with Crippen LogP contribution in [0.2, 0.25) is 0 Å². The van der Waals surface area contributed by atoms with Crippen molar-refractivity contribution in [3.63, 3.8) is 0 Å². The van der Waals surface area contributed by atoms with Gasteiger partial charge in [-0.1, -0.05) is 24.3 Å². The van der Waals surface area contributed by atoms with Gasteiger partial charge in [-0.3, -0.25) is 10.9 Å². The van der Waals surface area contributed by atoms with Crippen LogP contribution >= 0.6 is 0 Å². The molecule has 0 aliphatic carbocycles. The van der Waals surface area contributed by atoms with Crippen LogP contribution in [-0.2, 0) is 0 Å². The fourth-order valence-electron chi connectivity index (χ4n) is 1.81. The van der Waals surface area contributed by atoms with Crippen LogP contribution in [0.25, 0.3) is 0 Å². The number of nitrogen functional groups attached to an aromatic ring is 1. The van der Waals surface area contributed by atoms with Gasteiger partial charge >= 0.3 is 0 Å². The Kier molecular flexibility index (Phi) is 3.96. The summed E-state index contributed by atoms with van der Waals surface area (Å²) in [6, 6.07) is 15.2. The maximum absolute atomic E-state index is 6.08.